The number of amides is 3. The van der Waals surface area contributed by atoms with Crippen LogP contribution < -0.4 is 10.6 Å². The summed E-state index contributed by atoms with van der Waals surface area (Å²) in [6.45, 7) is 0.0800. The number of carbonyl (C=O) groups is 3. The Kier molecular flexibility index (Phi) is 4.77. The molecule has 0 spiro atoms. The van der Waals surface area contributed by atoms with Crippen molar-refractivity contribution in [1.82, 2.24) is 15.5 Å². The molecule has 24 heavy (non-hydrogen) atoms. The standard InChI is InChI=1S/C16H19N3O4S/c20-13-8-18-14(21)9-19-15(22)11-4-1-2-5-12(11)16(19,23)10-24-7-3-6-17-13/h1-2,4-5,23H,3,6-10H2,(H,17,20)(H,18,21). The Labute approximate surface area is 143 Å². The van der Waals surface area contributed by atoms with E-state index in [1.54, 1.807) is 24.3 Å². The van der Waals surface area contributed by atoms with Gasteiger partial charge in [0, 0.05) is 23.4 Å². The topological polar surface area (TPSA) is 98.7 Å². The molecule has 1 atom stereocenters. The average molecular weight is 349 g/mol. The fraction of sp³-hybridized carbons (Fsp3) is 0.438. The van der Waals surface area contributed by atoms with E-state index in [1.165, 1.54) is 16.7 Å². The summed E-state index contributed by atoms with van der Waals surface area (Å²) in [6, 6.07) is 6.87. The number of hydrogen-bond donors (Lipinski definition) is 3. The molecule has 3 rings (SSSR count). The van der Waals surface area contributed by atoms with Crippen LogP contribution in [0, 0.1) is 0 Å². The number of fused-ring (bicyclic) bond motifs is 3. The van der Waals surface area contributed by atoms with Crippen molar-refractivity contribution in [2.24, 2.45) is 0 Å². The maximum absolute atomic E-state index is 12.6. The number of rotatable bonds is 0. The molecule has 0 aromatic heterocycles. The highest BCUT2D eigenvalue weighted by Crippen LogP contribution is 2.39. The van der Waals surface area contributed by atoms with Crippen LogP contribution in [0.2, 0.25) is 0 Å². The van der Waals surface area contributed by atoms with Gasteiger partial charge in [-0.15, -0.1) is 0 Å². The first-order chi connectivity index (χ1) is 11.5. The molecule has 2 aliphatic rings. The molecule has 0 radical (unpaired) electrons. The normalized spacial score (nSPS) is 25.5. The van der Waals surface area contributed by atoms with Crippen molar-refractivity contribution in [3.8, 4) is 0 Å². The lowest BCUT2D eigenvalue weighted by molar-refractivity contribution is -0.130. The van der Waals surface area contributed by atoms with Gasteiger partial charge in [0.1, 0.15) is 6.54 Å². The van der Waals surface area contributed by atoms with Crippen molar-refractivity contribution in [2.45, 2.75) is 12.1 Å². The highest BCUT2D eigenvalue weighted by Gasteiger charge is 2.48. The van der Waals surface area contributed by atoms with Crippen molar-refractivity contribution < 1.29 is 19.5 Å². The third-order valence-corrected chi connectivity index (χ3v) is 5.30. The zero-order valence-electron chi connectivity index (χ0n) is 13.1. The minimum atomic E-state index is -1.51. The van der Waals surface area contributed by atoms with Gasteiger partial charge in [0.15, 0.2) is 5.72 Å². The zero-order chi connectivity index (χ0) is 17.2. The van der Waals surface area contributed by atoms with Crippen LogP contribution in [0.25, 0.3) is 0 Å². The molecule has 3 amide bonds. The number of hydrogen-bond acceptors (Lipinski definition) is 5. The van der Waals surface area contributed by atoms with Gasteiger partial charge in [-0.1, -0.05) is 18.2 Å². The Morgan fingerprint density at radius 2 is 1.92 bits per heavy atom. The molecule has 1 unspecified atom stereocenters. The van der Waals surface area contributed by atoms with Gasteiger partial charge in [-0.25, -0.2) is 0 Å². The lowest BCUT2D eigenvalue weighted by atomic mass is 10.0. The van der Waals surface area contributed by atoms with Crippen LogP contribution in [0.1, 0.15) is 22.3 Å². The third-order valence-electron chi connectivity index (χ3n) is 4.12. The quantitative estimate of drug-likeness (QED) is 0.595. The molecule has 2 heterocycles. The fourth-order valence-corrected chi connectivity index (χ4v) is 3.98. The molecule has 1 fully saturated rings. The average Bonchev–Trinajstić information content (AvgIpc) is 2.79. The van der Waals surface area contributed by atoms with E-state index in [0.717, 1.165) is 12.2 Å². The maximum atomic E-state index is 12.6. The molecular weight excluding hydrogens is 330 g/mol. The van der Waals surface area contributed by atoms with Crippen LogP contribution >= 0.6 is 11.8 Å². The van der Waals surface area contributed by atoms with Gasteiger partial charge in [-0.05, 0) is 18.2 Å². The molecule has 7 nitrogen and oxygen atoms in total. The minimum absolute atomic E-state index is 0.140. The van der Waals surface area contributed by atoms with Gasteiger partial charge in [-0.3, -0.25) is 19.3 Å². The smallest absolute Gasteiger partial charge is 0.257 e. The summed E-state index contributed by atoms with van der Waals surface area (Å²) in [5, 5.41) is 16.4. The largest absolute Gasteiger partial charge is 0.366 e. The molecule has 128 valence electrons. The first-order valence-electron chi connectivity index (χ1n) is 7.77. The summed E-state index contributed by atoms with van der Waals surface area (Å²) in [6.07, 6.45) is 0.746. The zero-order valence-corrected chi connectivity index (χ0v) is 13.9. The molecule has 0 bridgehead atoms. The Balaban J connectivity index is 1.90. The van der Waals surface area contributed by atoms with Crippen molar-refractivity contribution >= 4 is 29.5 Å². The number of carbonyl (C=O) groups excluding carboxylic acids is 3. The van der Waals surface area contributed by atoms with Crippen molar-refractivity contribution in [3.05, 3.63) is 35.4 Å². The predicted octanol–water partition coefficient (Wildman–Crippen LogP) is -0.343. The lowest BCUT2D eigenvalue weighted by Crippen LogP contribution is -2.51. The van der Waals surface area contributed by atoms with Gasteiger partial charge in [0.2, 0.25) is 11.8 Å². The summed E-state index contributed by atoms with van der Waals surface area (Å²) in [5.74, 6) is -0.110. The van der Waals surface area contributed by atoms with Crippen LogP contribution in [0.4, 0.5) is 0 Å². The van der Waals surface area contributed by atoms with Crippen LogP contribution in [0.3, 0.4) is 0 Å². The van der Waals surface area contributed by atoms with Crippen LogP contribution in [0.15, 0.2) is 24.3 Å². The third kappa shape index (κ3) is 3.11. The highest BCUT2D eigenvalue weighted by molar-refractivity contribution is 7.99. The molecule has 1 saturated heterocycles. The van der Waals surface area contributed by atoms with E-state index in [1.807, 2.05) is 0 Å². The van der Waals surface area contributed by atoms with Gasteiger partial charge < -0.3 is 15.7 Å². The van der Waals surface area contributed by atoms with E-state index in [9.17, 15) is 19.5 Å². The van der Waals surface area contributed by atoms with Crippen molar-refractivity contribution in [3.63, 3.8) is 0 Å². The first-order valence-corrected chi connectivity index (χ1v) is 8.93. The van der Waals surface area contributed by atoms with Crippen molar-refractivity contribution in [1.29, 1.82) is 0 Å². The molecule has 1 aromatic rings. The number of nitrogens with one attached hydrogen (secondary N) is 2. The number of benzene rings is 1. The minimum Gasteiger partial charge on any atom is -0.366 e. The van der Waals surface area contributed by atoms with Crippen LogP contribution in [-0.4, -0.2) is 58.9 Å². The number of nitrogens with zero attached hydrogens (tertiary/aromatic N) is 1. The van der Waals surface area contributed by atoms with Gasteiger partial charge in [-0.2, -0.15) is 11.8 Å². The fourth-order valence-electron chi connectivity index (χ4n) is 2.89. The molecule has 8 heteroatoms. The second-order valence-electron chi connectivity index (χ2n) is 5.79. The van der Waals surface area contributed by atoms with Crippen LogP contribution in [0.5, 0.6) is 0 Å². The molecule has 0 aliphatic carbocycles. The van der Waals surface area contributed by atoms with E-state index in [0.29, 0.717) is 17.7 Å². The monoisotopic (exact) mass is 349 g/mol. The Hall–Kier alpha value is -2.06. The van der Waals surface area contributed by atoms with E-state index in [2.05, 4.69) is 10.6 Å². The van der Waals surface area contributed by atoms with Crippen molar-refractivity contribution in [2.75, 3.05) is 31.1 Å². The summed E-state index contributed by atoms with van der Waals surface area (Å²) in [4.78, 5) is 37.5. The second-order valence-corrected chi connectivity index (χ2v) is 6.89. The number of aliphatic hydroxyl groups is 1. The first kappa shape index (κ1) is 16.8. The SMILES string of the molecule is O=C1CNC(=O)CN2C(=O)c3ccccc3C2(O)CSCCCN1. The molecule has 2 aliphatic heterocycles. The molecule has 3 N–H and O–H groups in total. The second kappa shape index (κ2) is 6.82. The van der Waals surface area contributed by atoms with Crippen LogP contribution in [-0.2, 0) is 15.3 Å². The Bertz CT molecular complexity index is 681. The van der Waals surface area contributed by atoms with E-state index in [4.69, 9.17) is 0 Å². The number of thioether (sulfide) groups is 1. The summed E-state index contributed by atoms with van der Waals surface area (Å²) in [5.41, 5.74) is -0.570. The predicted molar refractivity (Wildman–Crippen MR) is 89.3 cm³/mol. The Morgan fingerprint density at radius 1 is 1.12 bits per heavy atom. The summed E-state index contributed by atoms with van der Waals surface area (Å²) in [7, 11) is 0. The summed E-state index contributed by atoms with van der Waals surface area (Å²) >= 11 is 1.49. The molecule has 1 aromatic carbocycles. The van der Waals surface area contributed by atoms with Gasteiger partial charge in [0.25, 0.3) is 5.91 Å². The maximum Gasteiger partial charge on any atom is 0.257 e. The highest BCUT2D eigenvalue weighted by atomic mass is 32.2. The summed E-state index contributed by atoms with van der Waals surface area (Å²) < 4.78 is 0. The molecular formula is C16H19N3O4S. The van der Waals surface area contributed by atoms with Gasteiger partial charge in [0.05, 0.1) is 6.54 Å². The van der Waals surface area contributed by atoms with Gasteiger partial charge >= 0.3 is 0 Å². The van der Waals surface area contributed by atoms with E-state index < -0.39 is 11.6 Å². The molecule has 0 saturated carbocycles. The lowest BCUT2D eigenvalue weighted by Gasteiger charge is -2.33. The van der Waals surface area contributed by atoms with E-state index in [-0.39, 0.29) is 30.7 Å². The Morgan fingerprint density at radius 3 is 2.75 bits per heavy atom. The van der Waals surface area contributed by atoms with E-state index >= 15 is 0 Å².